The third-order valence-corrected chi connectivity index (χ3v) is 5.90. The van der Waals surface area contributed by atoms with Gasteiger partial charge in [0.15, 0.2) is 0 Å². The highest BCUT2D eigenvalue weighted by Gasteiger charge is 2.15. The highest BCUT2D eigenvalue weighted by molar-refractivity contribution is 5.62. The molecule has 1 aliphatic rings. The average molecular weight is 442 g/mol. The molecule has 0 radical (unpaired) electrons. The summed E-state index contributed by atoms with van der Waals surface area (Å²) >= 11 is 0. The van der Waals surface area contributed by atoms with Crippen molar-refractivity contribution >= 4 is 0 Å². The maximum absolute atomic E-state index is 5.87. The zero-order valence-electron chi connectivity index (χ0n) is 18.9. The molecule has 8 heteroatoms. The number of hydrogen-bond donors (Lipinski definition) is 0. The average Bonchev–Trinajstić information content (AvgIpc) is 3.33. The largest absolute Gasteiger partial charge is 0.424 e. The Bertz CT molecular complexity index is 1220. The van der Waals surface area contributed by atoms with Crippen molar-refractivity contribution in [2.45, 2.75) is 13.5 Å². The van der Waals surface area contributed by atoms with Gasteiger partial charge in [0.25, 0.3) is 0 Å². The molecule has 2 aromatic heterocycles. The summed E-state index contributed by atoms with van der Waals surface area (Å²) in [4.78, 5) is 13.2. The minimum atomic E-state index is 0.318. The second-order valence-electron chi connectivity index (χ2n) is 8.41. The Balaban J connectivity index is 1.34. The first kappa shape index (κ1) is 21.2. The number of aromatic nitrogens is 5. The third kappa shape index (κ3) is 5.08. The van der Waals surface area contributed by atoms with E-state index < -0.39 is 0 Å². The van der Waals surface area contributed by atoms with E-state index in [4.69, 9.17) is 4.74 Å². The molecule has 0 unspecified atom stereocenters. The van der Waals surface area contributed by atoms with Gasteiger partial charge in [0.2, 0.25) is 0 Å². The zero-order valence-corrected chi connectivity index (χ0v) is 18.9. The van der Waals surface area contributed by atoms with Crippen molar-refractivity contribution in [2.75, 3.05) is 33.2 Å². The molecular weight excluding hydrogens is 414 g/mol. The summed E-state index contributed by atoms with van der Waals surface area (Å²) in [5.41, 5.74) is 4.98. The Morgan fingerprint density at radius 2 is 1.76 bits per heavy atom. The van der Waals surface area contributed by atoms with Gasteiger partial charge in [-0.25, -0.2) is 14.6 Å². The Hall–Kier alpha value is -3.62. The van der Waals surface area contributed by atoms with Crippen LogP contribution < -0.4 is 4.74 Å². The second-order valence-corrected chi connectivity index (χ2v) is 8.41. The third-order valence-electron chi connectivity index (χ3n) is 5.90. The molecule has 1 fully saturated rings. The SMILES string of the molecule is Cc1ccc(-c2cn(-c3cccc(CN4CCN(C)CC4)c3)nn2)cc1Oc1ncccn1. The number of ether oxygens (including phenoxy) is 1. The quantitative estimate of drug-likeness (QED) is 0.453. The van der Waals surface area contributed by atoms with Gasteiger partial charge in [0.1, 0.15) is 11.4 Å². The fraction of sp³-hybridized carbons (Fsp3) is 0.280. The van der Waals surface area contributed by atoms with Gasteiger partial charge in [-0.3, -0.25) is 4.90 Å². The first-order valence-corrected chi connectivity index (χ1v) is 11.1. The van der Waals surface area contributed by atoms with Crippen LogP contribution in [-0.2, 0) is 6.54 Å². The molecule has 168 valence electrons. The van der Waals surface area contributed by atoms with E-state index in [9.17, 15) is 0 Å². The summed E-state index contributed by atoms with van der Waals surface area (Å²) in [6, 6.07) is 16.6. The van der Waals surface area contributed by atoms with Crippen LogP contribution in [0.1, 0.15) is 11.1 Å². The summed E-state index contributed by atoms with van der Waals surface area (Å²) in [5.74, 6) is 0.697. The van der Waals surface area contributed by atoms with Crippen LogP contribution in [0.25, 0.3) is 16.9 Å². The number of nitrogens with zero attached hydrogens (tertiary/aromatic N) is 7. The van der Waals surface area contributed by atoms with Crippen molar-refractivity contribution in [3.05, 3.63) is 78.2 Å². The smallest absolute Gasteiger partial charge is 0.321 e. The molecule has 4 aromatic rings. The van der Waals surface area contributed by atoms with Crippen LogP contribution in [0.4, 0.5) is 0 Å². The van der Waals surface area contributed by atoms with Gasteiger partial charge in [-0.15, -0.1) is 5.10 Å². The van der Waals surface area contributed by atoms with Crippen molar-refractivity contribution in [1.29, 1.82) is 0 Å². The fourth-order valence-electron chi connectivity index (χ4n) is 3.89. The van der Waals surface area contributed by atoms with Crippen molar-refractivity contribution < 1.29 is 4.74 Å². The van der Waals surface area contributed by atoms with E-state index in [1.807, 2.05) is 36.0 Å². The standard InChI is InChI=1S/C25H27N7O/c1-19-7-8-21(16-24(19)33-25-26-9-4-10-27-25)23-18-32(29-28-23)22-6-3-5-20(15-22)17-31-13-11-30(2)12-14-31/h3-10,15-16,18H,11-14,17H2,1-2H3. The monoisotopic (exact) mass is 441 g/mol. The molecule has 5 rings (SSSR count). The Morgan fingerprint density at radius 1 is 0.939 bits per heavy atom. The topological polar surface area (TPSA) is 72.2 Å². The summed E-state index contributed by atoms with van der Waals surface area (Å²) in [7, 11) is 2.18. The number of likely N-dealkylation sites (N-methyl/N-ethyl adjacent to an activating group) is 1. The van der Waals surface area contributed by atoms with Gasteiger partial charge in [0, 0.05) is 50.7 Å². The van der Waals surface area contributed by atoms with Gasteiger partial charge in [-0.05, 0) is 49.4 Å². The molecule has 2 aromatic carbocycles. The lowest BCUT2D eigenvalue weighted by atomic mass is 10.1. The lowest BCUT2D eigenvalue weighted by molar-refractivity contribution is 0.148. The first-order chi connectivity index (χ1) is 16.1. The van der Waals surface area contributed by atoms with Gasteiger partial charge >= 0.3 is 6.01 Å². The van der Waals surface area contributed by atoms with Gasteiger partial charge < -0.3 is 9.64 Å². The van der Waals surface area contributed by atoms with Crippen LogP contribution in [0.2, 0.25) is 0 Å². The number of rotatable bonds is 6. The molecule has 0 amide bonds. The molecule has 1 saturated heterocycles. The van der Waals surface area contributed by atoms with Crippen molar-refractivity contribution in [2.24, 2.45) is 0 Å². The number of piperazine rings is 1. The predicted octanol–water partition coefficient (Wildman–Crippen LogP) is 3.57. The van der Waals surface area contributed by atoms with Crippen LogP contribution in [-0.4, -0.2) is 68.0 Å². The first-order valence-electron chi connectivity index (χ1n) is 11.1. The van der Waals surface area contributed by atoms with Crippen LogP contribution in [0.3, 0.4) is 0 Å². The van der Waals surface area contributed by atoms with E-state index in [-0.39, 0.29) is 0 Å². The van der Waals surface area contributed by atoms with E-state index >= 15 is 0 Å². The summed E-state index contributed by atoms with van der Waals surface area (Å²) in [6.45, 7) is 7.36. The Morgan fingerprint density at radius 3 is 2.58 bits per heavy atom. The second kappa shape index (κ2) is 9.48. The molecule has 0 N–H and O–H groups in total. The normalized spacial score (nSPS) is 15.0. The molecule has 33 heavy (non-hydrogen) atoms. The van der Waals surface area contributed by atoms with Crippen molar-refractivity contribution in [3.63, 3.8) is 0 Å². The molecule has 0 aliphatic carbocycles. The van der Waals surface area contributed by atoms with E-state index in [0.29, 0.717) is 11.8 Å². The van der Waals surface area contributed by atoms with Crippen molar-refractivity contribution in [3.8, 4) is 28.7 Å². The zero-order chi connectivity index (χ0) is 22.6. The van der Waals surface area contributed by atoms with Crippen molar-refractivity contribution in [1.82, 2.24) is 34.8 Å². The molecule has 3 heterocycles. The van der Waals surface area contributed by atoms with Gasteiger partial charge in [-0.1, -0.05) is 29.5 Å². The van der Waals surface area contributed by atoms with Crippen LogP contribution in [0, 0.1) is 6.92 Å². The molecule has 1 aliphatic heterocycles. The lowest BCUT2D eigenvalue weighted by Gasteiger charge is -2.32. The fourth-order valence-corrected chi connectivity index (χ4v) is 3.89. The van der Waals surface area contributed by atoms with Gasteiger partial charge in [-0.2, -0.15) is 0 Å². The van der Waals surface area contributed by atoms with Crippen LogP contribution in [0.5, 0.6) is 11.8 Å². The molecule has 0 bridgehead atoms. The number of hydrogen-bond acceptors (Lipinski definition) is 7. The molecule has 0 atom stereocenters. The maximum Gasteiger partial charge on any atom is 0.321 e. The van der Waals surface area contributed by atoms with E-state index in [0.717, 1.165) is 55.2 Å². The van der Waals surface area contributed by atoms with E-state index in [2.05, 4.69) is 61.4 Å². The summed E-state index contributed by atoms with van der Waals surface area (Å²) in [5, 5.41) is 8.78. The van der Waals surface area contributed by atoms with Crippen LogP contribution >= 0.6 is 0 Å². The predicted molar refractivity (Wildman–Crippen MR) is 126 cm³/mol. The number of aryl methyl sites for hydroxylation is 1. The summed E-state index contributed by atoms with van der Waals surface area (Å²) in [6.07, 6.45) is 5.26. The summed E-state index contributed by atoms with van der Waals surface area (Å²) < 4.78 is 7.70. The maximum atomic E-state index is 5.87. The molecule has 0 saturated carbocycles. The molecule has 8 nitrogen and oxygen atoms in total. The Labute approximate surface area is 193 Å². The number of benzene rings is 2. The highest BCUT2D eigenvalue weighted by atomic mass is 16.5. The Kier molecular flexibility index (Phi) is 6.10. The van der Waals surface area contributed by atoms with Gasteiger partial charge in [0.05, 0.1) is 11.9 Å². The molecular formula is C25H27N7O. The lowest BCUT2D eigenvalue weighted by Crippen LogP contribution is -2.43. The molecule has 0 spiro atoms. The van der Waals surface area contributed by atoms with Crippen LogP contribution in [0.15, 0.2) is 67.1 Å². The highest BCUT2D eigenvalue weighted by Crippen LogP contribution is 2.28. The van der Waals surface area contributed by atoms with E-state index in [1.54, 1.807) is 18.5 Å². The minimum absolute atomic E-state index is 0.318. The minimum Gasteiger partial charge on any atom is -0.424 e. The van der Waals surface area contributed by atoms with E-state index in [1.165, 1.54) is 5.56 Å².